The molecule has 0 bridgehead atoms. The van der Waals surface area contributed by atoms with Crippen LogP contribution in [-0.2, 0) is 12.5 Å². The lowest BCUT2D eigenvalue weighted by molar-refractivity contribution is 0.0994. The summed E-state index contributed by atoms with van der Waals surface area (Å²) in [7, 11) is 1.94. The molecule has 0 amide bonds. The highest BCUT2D eigenvalue weighted by Crippen LogP contribution is 2.29. The molecule has 0 aliphatic carbocycles. The van der Waals surface area contributed by atoms with Gasteiger partial charge in [-0.05, 0) is 24.8 Å². The molecule has 5 heteroatoms. The largest absolute Gasteiger partial charge is 0.305 e. The predicted octanol–water partition coefficient (Wildman–Crippen LogP) is 5.45. The number of ketones is 1. The predicted molar refractivity (Wildman–Crippen MR) is 116 cm³/mol. The molecule has 146 valence electrons. The summed E-state index contributed by atoms with van der Waals surface area (Å²) in [5, 5.41) is 9.18. The van der Waals surface area contributed by atoms with Crippen LogP contribution in [0.2, 0.25) is 0 Å². The molecule has 0 aliphatic heterocycles. The topological polar surface area (TPSA) is 47.8 Å². The van der Waals surface area contributed by atoms with E-state index in [1.165, 1.54) is 17.3 Å². The lowest BCUT2D eigenvalue weighted by atomic mass is 9.87. The van der Waals surface area contributed by atoms with Gasteiger partial charge in [0.2, 0.25) is 0 Å². The number of hydrogen-bond acceptors (Lipinski definition) is 4. The van der Waals surface area contributed by atoms with Crippen LogP contribution < -0.4 is 0 Å². The Bertz CT molecular complexity index is 967. The molecule has 0 aliphatic rings. The van der Waals surface area contributed by atoms with Gasteiger partial charge in [-0.3, -0.25) is 4.79 Å². The molecular formula is C23H27N3OS. The highest BCUT2D eigenvalue weighted by molar-refractivity contribution is 8.00. The van der Waals surface area contributed by atoms with Gasteiger partial charge in [0, 0.05) is 18.2 Å². The number of benzene rings is 2. The number of carbonyl (C=O) groups is 1. The minimum atomic E-state index is -0.235. The molecule has 0 spiro atoms. The van der Waals surface area contributed by atoms with Crippen LogP contribution in [0.25, 0.3) is 11.4 Å². The maximum absolute atomic E-state index is 12.7. The van der Waals surface area contributed by atoms with Crippen LogP contribution >= 0.6 is 11.8 Å². The van der Waals surface area contributed by atoms with Crippen LogP contribution in [0, 0.1) is 6.92 Å². The van der Waals surface area contributed by atoms with Crippen molar-refractivity contribution in [3.8, 4) is 11.4 Å². The summed E-state index contributed by atoms with van der Waals surface area (Å²) in [5.74, 6) is 0.905. The summed E-state index contributed by atoms with van der Waals surface area (Å²) in [4.78, 5) is 12.7. The Morgan fingerprint density at radius 3 is 2.18 bits per heavy atom. The van der Waals surface area contributed by atoms with E-state index in [9.17, 15) is 4.79 Å². The van der Waals surface area contributed by atoms with Gasteiger partial charge in [0.1, 0.15) is 0 Å². The van der Waals surface area contributed by atoms with Crippen LogP contribution in [0.5, 0.6) is 0 Å². The van der Waals surface area contributed by atoms with E-state index in [1.54, 1.807) is 0 Å². The highest BCUT2D eigenvalue weighted by Gasteiger charge is 2.21. The number of rotatable bonds is 5. The monoisotopic (exact) mass is 393 g/mol. The van der Waals surface area contributed by atoms with Gasteiger partial charge in [0.25, 0.3) is 0 Å². The number of Topliss-reactive ketones (excluding diaryl/α,β-unsaturated/α-hetero) is 1. The highest BCUT2D eigenvalue weighted by atomic mass is 32.2. The van der Waals surface area contributed by atoms with Crippen molar-refractivity contribution in [2.24, 2.45) is 7.05 Å². The standard InChI is InChI=1S/C23H27N3OS/c1-15-7-9-17(10-8-15)20(27)16(2)28-22-25-24-21(26(22)6)18-11-13-19(14-12-18)23(3,4)5/h7-14,16H,1-6H3/t16-/m1/s1. The first-order valence-electron chi connectivity index (χ1n) is 9.44. The third-order valence-corrected chi connectivity index (χ3v) is 5.97. The van der Waals surface area contributed by atoms with Crippen molar-refractivity contribution < 1.29 is 4.79 Å². The summed E-state index contributed by atoms with van der Waals surface area (Å²) < 4.78 is 1.95. The van der Waals surface area contributed by atoms with E-state index in [4.69, 9.17) is 0 Å². The zero-order valence-corrected chi connectivity index (χ0v) is 18.2. The summed E-state index contributed by atoms with van der Waals surface area (Å²) in [6.07, 6.45) is 0. The van der Waals surface area contributed by atoms with Crippen molar-refractivity contribution >= 4 is 17.5 Å². The van der Waals surface area contributed by atoms with E-state index >= 15 is 0 Å². The Labute approximate surface area is 171 Å². The van der Waals surface area contributed by atoms with E-state index in [-0.39, 0.29) is 16.4 Å². The second-order valence-corrected chi connectivity index (χ2v) is 9.49. The van der Waals surface area contributed by atoms with Crippen LogP contribution in [-0.4, -0.2) is 25.8 Å². The molecule has 28 heavy (non-hydrogen) atoms. The number of aromatic nitrogens is 3. The molecule has 1 atom stereocenters. The minimum Gasteiger partial charge on any atom is -0.305 e. The van der Waals surface area contributed by atoms with Gasteiger partial charge in [-0.15, -0.1) is 10.2 Å². The van der Waals surface area contributed by atoms with Gasteiger partial charge in [0.15, 0.2) is 16.8 Å². The molecular weight excluding hydrogens is 366 g/mol. The molecule has 3 aromatic rings. The maximum atomic E-state index is 12.7. The summed E-state index contributed by atoms with van der Waals surface area (Å²) in [6.45, 7) is 10.5. The molecule has 0 unspecified atom stereocenters. The fraction of sp³-hybridized carbons (Fsp3) is 0.348. The Hall–Kier alpha value is -2.40. The first kappa shape index (κ1) is 20.3. The Morgan fingerprint density at radius 2 is 1.61 bits per heavy atom. The smallest absolute Gasteiger partial charge is 0.191 e. The van der Waals surface area contributed by atoms with Crippen molar-refractivity contribution in [1.29, 1.82) is 0 Å². The summed E-state index contributed by atoms with van der Waals surface area (Å²) >= 11 is 1.44. The maximum Gasteiger partial charge on any atom is 0.191 e. The van der Waals surface area contributed by atoms with Crippen LogP contribution in [0.1, 0.15) is 49.2 Å². The Balaban J connectivity index is 1.77. The van der Waals surface area contributed by atoms with E-state index < -0.39 is 0 Å². The van der Waals surface area contributed by atoms with Crippen molar-refractivity contribution in [1.82, 2.24) is 14.8 Å². The van der Waals surface area contributed by atoms with Gasteiger partial charge in [-0.25, -0.2) is 0 Å². The summed E-state index contributed by atoms with van der Waals surface area (Å²) in [5.41, 5.74) is 4.29. The molecule has 0 N–H and O–H groups in total. The van der Waals surface area contributed by atoms with Gasteiger partial charge in [0.05, 0.1) is 5.25 Å². The lowest BCUT2D eigenvalue weighted by Gasteiger charge is -2.19. The number of hydrogen-bond donors (Lipinski definition) is 0. The molecule has 0 radical (unpaired) electrons. The van der Waals surface area contributed by atoms with Gasteiger partial charge in [-0.1, -0.05) is 86.6 Å². The average Bonchev–Trinajstić information content (AvgIpc) is 3.01. The third-order valence-electron chi connectivity index (χ3n) is 4.83. The second kappa shape index (κ2) is 7.92. The van der Waals surface area contributed by atoms with Crippen LogP contribution in [0.3, 0.4) is 0 Å². The van der Waals surface area contributed by atoms with Crippen molar-refractivity contribution in [3.05, 3.63) is 65.2 Å². The molecule has 0 saturated heterocycles. The Morgan fingerprint density at radius 1 is 1.00 bits per heavy atom. The normalized spacial score (nSPS) is 12.8. The van der Waals surface area contributed by atoms with Crippen molar-refractivity contribution in [2.75, 3.05) is 0 Å². The molecule has 3 rings (SSSR count). The van der Waals surface area contributed by atoms with E-state index in [1.807, 2.05) is 49.7 Å². The first-order valence-corrected chi connectivity index (χ1v) is 10.3. The van der Waals surface area contributed by atoms with Gasteiger partial charge in [-0.2, -0.15) is 0 Å². The summed E-state index contributed by atoms with van der Waals surface area (Å²) in [6, 6.07) is 16.1. The molecule has 2 aromatic carbocycles. The first-order chi connectivity index (χ1) is 13.2. The Kier molecular flexibility index (Phi) is 5.75. The number of thioether (sulfide) groups is 1. The molecule has 0 saturated carbocycles. The fourth-order valence-corrected chi connectivity index (χ4v) is 3.84. The van der Waals surface area contributed by atoms with E-state index in [0.29, 0.717) is 0 Å². The third kappa shape index (κ3) is 4.36. The van der Waals surface area contributed by atoms with Crippen molar-refractivity contribution in [3.63, 3.8) is 0 Å². The van der Waals surface area contributed by atoms with Crippen molar-refractivity contribution in [2.45, 2.75) is 50.4 Å². The molecule has 0 fully saturated rings. The number of aryl methyl sites for hydroxylation is 1. The van der Waals surface area contributed by atoms with Crippen LogP contribution in [0.4, 0.5) is 0 Å². The zero-order valence-electron chi connectivity index (χ0n) is 17.4. The molecule has 4 nitrogen and oxygen atoms in total. The van der Waals surface area contributed by atoms with Gasteiger partial charge < -0.3 is 4.57 Å². The molecule has 1 heterocycles. The minimum absolute atomic E-state index is 0.101. The second-order valence-electron chi connectivity index (χ2n) is 8.18. The van der Waals surface area contributed by atoms with E-state index in [0.717, 1.165) is 27.7 Å². The average molecular weight is 394 g/mol. The molecule has 1 aromatic heterocycles. The van der Waals surface area contributed by atoms with E-state index in [2.05, 4.69) is 55.2 Å². The fourth-order valence-electron chi connectivity index (χ4n) is 2.95. The SMILES string of the molecule is Cc1ccc(C(=O)[C@@H](C)Sc2nnc(-c3ccc(C(C)(C)C)cc3)n2C)cc1. The van der Waals surface area contributed by atoms with Crippen LogP contribution in [0.15, 0.2) is 53.7 Å². The lowest BCUT2D eigenvalue weighted by Crippen LogP contribution is -2.14. The van der Waals surface area contributed by atoms with Gasteiger partial charge >= 0.3 is 0 Å². The number of nitrogens with zero attached hydrogens (tertiary/aromatic N) is 3. The quantitative estimate of drug-likeness (QED) is 0.427. The zero-order chi connectivity index (χ0) is 20.5. The number of carbonyl (C=O) groups excluding carboxylic acids is 1.